The fourth-order valence-corrected chi connectivity index (χ4v) is 7.98. The van der Waals surface area contributed by atoms with E-state index in [4.69, 9.17) is 25.7 Å². The Labute approximate surface area is 439 Å². The van der Waals surface area contributed by atoms with Crippen molar-refractivity contribution in [2.75, 3.05) is 67.7 Å². The van der Waals surface area contributed by atoms with E-state index in [0.29, 0.717) is 91.4 Å². The average Bonchev–Trinajstić information content (AvgIpc) is 3.72. The minimum absolute atomic E-state index is 0.0455. The van der Waals surface area contributed by atoms with Gasteiger partial charge in [0.05, 0.1) is 42.7 Å². The van der Waals surface area contributed by atoms with Gasteiger partial charge in [-0.05, 0) is 80.3 Å². The van der Waals surface area contributed by atoms with Crippen molar-refractivity contribution in [3.05, 3.63) is 90.5 Å². The summed E-state index contributed by atoms with van der Waals surface area (Å²) >= 11 is 0. The van der Waals surface area contributed by atoms with Crippen molar-refractivity contribution in [3.63, 3.8) is 0 Å². The standard InChI is InChI=1S/C52H65N13O11/c1-32(2)45(63-42(66)11-5-4-6-23-65-43(67)16-17-44(65)68)49(70)61-38(10-7-19-56-51(54)72)48(69)59-35-14-12-33(13-15-35)31-76-52(73)57-20-8-24-74-36-26-34-27-37(28-36)75-25-9-22-64(3)41-18-21-55-29-40(41)62-50(71)46-47(53)58-30-39(34)60-46/h12-18,21,26-30,32,38,45H,4-11,19-20,22-25,31H2,1-3H3,(H2,53,58)(H,57,73)(H,59,69)(H,61,70)(H,62,71)(H,63,66)(H3,54,56,72)/t38-,45-/m0/s1. The molecule has 4 aromatic rings. The molecule has 9 amide bonds. The monoisotopic (exact) mass is 1050 g/mol. The number of nitrogens with zero attached hydrogens (tertiary/aromatic N) is 5. The molecule has 0 saturated carbocycles. The number of amides is 9. The first kappa shape index (κ1) is 56.5. The lowest BCUT2D eigenvalue weighted by Gasteiger charge is -2.25. The van der Waals surface area contributed by atoms with E-state index in [9.17, 15) is 38.4 Å². The van der Waals surface area contributed by atoms with E-state index < -0.39 is 41.9 Å². The molecular formula is C52H65N13O11. The number of nitrogen functional groups attached to an aromatic ring is 1. The number of nitrogens with two attached hydrogens (primary N) is 2. The van der Waals surface area contributed by atoms with Gasteiger partial charge in [-0.1, -0.05) is 32.4 Å². The average molecular weight is 1050 g/mol. The van der Waals surface area contributed by atoms with E-state index in [1.165, 1.54) is 18.3 Å². The van der Waals surface area contributed by atoms with Gasteiger partial charge in [-0.25, -0.2) is 19.6 Å². The largest absolute Gasteiger partial charge is 0.493 e. The maximum Gasteiger partial charge on any atom is 0.407 e. The lowest BCUT2D eigenvalue weighted by atomic mass is 10.0. The van der Waals surface area contributed by atoms with Crippen LogP contribution in [0.5, 0.6) is 11.5 Å². The number of urea groups is 1. The number of carbonyl (C=O) groups is 8. The summed E-state index contributed by atoms with van der Waals surface area (Å²) in [5.41, 5.74) is 14.5. The van der Waals surface area contributed by atoms with E-state index in [0.717, 1.165) is 10.6 Å². The number of hydrogen-bond acceptors (Lipinski definition) is 16. The van der Waals surface area contributed by atoms with Crippen molar-refractivity contribution in [2.24, 2.45) is 11.7 Å². The number of benzene rings is 2. The number of anilines is 4. The molecule has 2 atom stereocenters. The maximum absolute atomic E-state index is 13.6. The Morgan fingerprint density at radius 1 is 0.882 bits per heavy atom. The third-order valence-electron chi connectivity index (χ3n) is 12.1. The second kappa shape index (κ2) is 28.0. The van der Waals surface area contributed by atoms with Gasteiger partial charge in [0.25, 0.3) is 17.7 Å². The molecule has 2 aromatic heterocycles. The van der Waals surface area contributed by atoms with Gasteiger partial charge in [-0.3, -0.25) is 38.7 Å². The molecule has 76 heavy (non-hydrogen) atoms. The molecule has 10 N–H and O–H groups in total. The summed E-state index contributed by atoms with van der Waals surface area (Å²) in [6.45, 7) is 5.30. The quantitative estimate of drug-likeness (QED) is 0.0387. The Morgan fingerprint density at radius 3 is 2.39 bits per heavy atom. The number of nitrogens with one attached hydrogen (secondary N) is 6. The molecule has 0 fully saturated rings. The molecule has 2 aromatic carbocycles. The summed E-state index contributed by atoms with van der Waals surface area (Å²) < 4.78 is 17.6. The fraction of sp³-hybridized carbons (Fsp3) is 0.404. The Balaban J connectivity index is 0.951. The molecule has 0 saturated heterocycles. The predicted molar refractivity (Wildman–Crippen MR) is 281 cm³/mol. The van der Waals surface area contributed by atoms with Crippen LogP contribution in [0.2, 0.25) is 0 Å². The zero-order valence-corrected chi connectivity index (χ0v) is 42.7. The van der Waals surface area contributed by atoms with Gasteiger partial charge in [-0.15, -0.1) is 0 Å². The highest BCUT2D eigenvalue weighted by Gasteiger charge is 2.29. The number of unbranched alkanes of at least 4 members (excludes halogenated alkanes) is 2. The van der Waals surface area contributed by atoms with E-state index in [1.54, 1.807) is 74.8 Å². The summed E-state index contributed by atoms with van der Waals surface area (Å²) in [4.78, 5) is 117. The van der Waals surface area contributed by atoms with Gasteiger partial charge in [0, 0.05) is 75.3 Å². The SMILES string of the molecule is CC(C)[C@H](NC(=O)CCCCCN1C(=O)C=CC1=O)C(=O)N[C@@H](CCCNC(N)=O)C(=O)Nc1ccc(COC(=O)NCCCOc2cc3cc(c2)-c2cnc(N)c(n2)C(=O)Nc2cnccc2N(C)CCCO3)cc1. The smallest absolute Gasteiger partial charge is 0.407 e. The van der Waals surface area contributed by atoms with Gasteiger partial charge in [0.15, 0.2) is 11.5 Å². The lowest BCUT2D eigenvalue weighted by Crippen LogP contribution is -2.54. The van der Waals surface area contributed by atoms with Crippen molar-refractivity contribution >= 4 is 70.4 Å². The van der Waals surface area contributed by atoms with E-state index >= 15 is 0 Å². The van der Waals surface area contributed by atoms with Crippen LogP contribution in [0.1, 0.15) is 81.3 Å². The van der Waals surface area contributed by atoms with Gasteiger partial charge in [0.2, 0.25) is 17.7 Å². The van der Waals surface area contributed by atoms with Crippen LogP contribution in [0.3, 0.4) is 0 Å². The number of primary amides is 1. The Morgan fingerprint density at radius 2 is 1.64 bits per heavy atom. The normalized spacial score (nSPS) is 14.0. The third kappa shape index (κ3) is 17.1. The highest BCUT2D eigenvalue weighted by Crippen LogP contribution is 2.31. The second-order valence-corrected chi connectivity index (χ2v) is 18.3. The summed E-state index contributed by atoms with van der Waals surface area (Å²) in [5.74, 6) is -2.15. The zero-order valence-electron chi connectivity index (χ0n) is 42.7. The predicted octanol–water partition coefficient (Wildman–Crippen LogP) is 3.79. The van der Waals surface area contributed by atoms with Crippen LogP contribution in [-0.4, -0.2) is 126 Å². The highest BCUT2D eigenvalue weighted by atomic mass is 16.5. The van der Waals surface area contributed by atoms with Crippen molar-refractivity contribution in [1.29, 1.82) is 0 Å². The molecular weight excluding hydrogens is 983 g/mol. The molecule has 6 rings (SSSR count). The zero-order chi connectivity index (χ0) is 54.6. The van der Waals surface area contributed by atoms with Crippen LogP contribution in [0.15, 0.2) is 79.3 Å². The van der Waals surface area contributed by atoms with Crippen LogP contribution in [0, 0.1) is 5.92 Å². The third-order valence-corrected chi connectivity index (χ3v) is 12.1. The van der Waals surface area contributed by atoms with Crippen molar-refractivity contribution in [3.8, 4) is 22.8 Å². The number of alkyl carbamates (subject to hydrolysis) is 1. The molecule has 24 heteroatoms. The first-order chi connectivity index (χ1) is 36.5. The van der Waals surface area contributed by atoms with Crippen LogP contribution in [-0.2, 0) is 35.3 Å². The number of carbonyl (C=O) groups excluding carboxylic acids is 8. The molecule has 0 aliphatic carbocycles. The second-order valence-electron chi connectivity index (χ2n) is 18.3. The van der Waals surface area contributed by atoms with Crippen LogP contribution < -0.4 is 57.7 Å². The minimum atomic E-state index is -1.06. The van der Waals surface area contributed by atoms with Gasteiger partial charge < -0.3 is 62.5 Å². The molecule has 24 nitrogen and oxygen atoms in total. The Hall–Kier alpha value is -8.83. The van der Waals surface area contributed by atoms with Gasteiger partial charge in [-0.2, -0.15) is 0 Å². The fourth-order valence-electron chi connectivity index (χ4n) is 7.98. The summed E-state index contributed by atoms with van der Waals surface area (Å²) in [5, 5.41) is 16.3. The molecule has 404 valence electrons. The minimum Gasteiger partial charge on any atom is -0.493 e. The molecule has 4 bridgehead atoms. The number of pyridine rings is 1. The van der Waals surface area contributed by atoms with Crippen molar-refractivity contribution in [1.82, 2.24) is 41.1 Å². The molecule has 0 radical (unpaired) electrons. The number of rotatable bonds is 23. The summed E-state index contributed by atoms with van der Waals surface area (Å²) in [6.07, 6.45) is 9.63. The first-order valence-electron chi connectivity index (χ1n) is 25.0. The highest BCUT2D eigenvalue weighted by molar-refractivity contribution is 6.13. The molecule has 2 aliphatic heterocycles. The van der Waals surface area contributed by atoms with Crippen LogP contribution in [0.4, 0.5) is 32.5 Å². The van der Waals surface area contributed by atoms with E-state index in [-0.39, 0.29) is 80.8 Å². The van der Waals surface area contributed by atoms with Gasteiger partial charge >= 0.3 is 12.1 Å². The van der Waals surface area contributed by atoms with Crippen LogP contribution >= 0.6 is 0 Å². The van der Waals surface area contributed by atoms with E-state index in [1.807, 2.05) is 11.9 Å². The molecule has 0 spiro atoms. The van der Waals surface area contributed by atoms with Crippen molar-refractivity contribution < 1.29 is 52.6 Å². The summed E-state index contributed by atoms with van der Waals surface area (Å²) in [6, 6.07) is 10.9. The maximum atomic E-state index is 13.6. The van der Waals surface area contributed by atoms with E-state index in [2.05, 4.69) is 46.9 Å². The Kier molecular flexibility index (Phi) is 20.8. The summed E-state index contributed by atoms with van der Waals surface area (Å²) in [7, 11) is 1.90. The topological polar surface area (TPSA) is 334 Å². The molecule has 4 heterocycles. The lowest BCUT2D eigenvalue weighted by molar-refractivity contribution is -0.137. The van der Waals surface area contributed by atoms with Crippen molar-refractivity contribution in [2.45, 2.75) is 83.9 Å². The molecule has 2 aliphatic rings. The number of imide groups is 1. The molecule has 0 unspecified atom stereocenters. The Bertz CT molecular complexity index is 2740. The number of hydrogen-bond donors (Lipinski definition) is 8. The first-order valence-corrected chi connectivity index (χ1v) is 25.0. The number of ether oxygens (including phenoxy) is 3. The number of fused-ring (bicyclic) bond motifs is 6. The van der Waals surface area contributed by atoms with Gasteiger partial charge in [0.1, 0.15) is 30.2 Å². The van der Waals surface area contributed by atoms with Crippen LogP contribution in [0.25, 0.3) is 11.3 Å². The number of aromatic nitrogens is 3.